The molecule has 0 unspecified atom stereocenters. The van der Waals surface area contributed by atoms with Crippen molar-refractivity contribution in [3.8, 4) is 5.75 Å². The standard InChI is InChI=1S/C12H6Cl3F3N2O/c13-6-5-7(14)11(20-10(6)15)19-8-3-1-2-4-9(8)21-12(16,17)18/h1-5H,(H,19,20). The highest BCUT2D eigenvalue weighted by Crippen LogP contribution is 2.35. The van der Waals surface area contributed by atoms with Crippen molar-refractivity contribution in [3.63, 3.8) is 0 Å². The molecule has 0 fully saturated rings. The molecule has 2 rings (SSSR count). The first-order chi connectivity index (χ1) is 9.76. The first-order valence-corrected chi connectivity index (χ1v) is 6.53. The highest BCUT2D eigenvalue weighted by molar-refractivity contribution is 6.43. The van der Waals surface area contributed by atoms with Crippen LogP contribution in [-0.2, 0) is 0 Å². The van der Waals surface area contributed by atoms with Gasteiger partial charge in [0.15, 0.2) is 11.6 Å². The highest BCUT2D eigenvalue weighted by atomic mass is 35.5. The second-order valence-corrected chi connectivity index (χ2v) is 4.93. The van der Waals surface area contributed by atoms with Gasteiger partial charge in [0.25, 0.3) is 0 Å². The Morgan fingerprint density at radius 1 is 1.05 bits per heavy atom. The molecule has 1 aromatic carbocycles. The van der Waals surface area contributed by atoms with Gasteiger partial charge >= 0.3 is 6.36 Å². The number of nitrogens with one attached hydrogen (secondary N) is 1. The first kappa shape index (κ1) is 16.0. The number of para-hydroxylation sites is 2. The van der Waals surface area contributed by atoms with Gasteiger partial charge in [-0.2, -0.15) is 0 Å². The first-order valence-electron chi connectivity index (χ1n) is 5.39. The quantitative estimate of drug-likeness (QED) is 0.717. The Kier molecular flexibility index (Phi) is 4.70. The van der Waals surface area contributed by atoms with Gasteiger partial charge in [0.05, 0.1) is 15.7 Å². The van der Waals surface area contributed by atoms with Crippen molar-refractivity contribution in [1.82, 2.24) is 4.98 Å². The minimum Gasteiger partial charge on any atom is -0.404 e. The molecule has 112 valence electrons. The van der Waals surface area contributed by atoms with E-state index in [9.17, 15) is 13.2 Å². The van der Waals surface area contributed by atoms with E-state index in [0.717, 1.165) is 6.07 Å². The number of rotatable bonds is 3. The Morgan fingerprint density at radius 2 is 1.71 bits per heavy atom. The van der Waals surface area contributed by atoms with E-state index in [2.05, 4.69) is 15.0 Å². The molecule has 1 aromatic heterocycles. The molecule has 21 heavy (non-hydrogen) atoms. The monoisotopic (exact) mass is 356 g/mol. The summed E-state index contributed by atoms with van der Waals surface area (Å²) in [4.78, 5) is 3.86. The van der Waals surface area contributed by atoms with Crippen LogP contribution in [0.4, 0.5) is 24.7 Å². The molecule has 0 aliphatic heterocycles. The smallest absolute Gasteiger partial charge is 0.404 e. The van der Waals surface area contributed by atoms with Crippen molar-refractivity contribution in [2.45, 2.75) is 6.36 Å². The fourth-order valence-corrected chi connectivity index (χ4v) is 1.99. The number of pyridine rings is 1. The lowest BCUT2D eigenvalue weighted by atomic mass is 10.3. The van der Waals surface area contributed by atoms with Crippen molar-refractivity contribution >= 4 is 46.3 Å². The fraction of sp³-hybridized carbons (Fsp3) is 0.0833. The van der Waals surface area contributed by atoms with Gasteiger partial charge < -0.3 is 10.1 Å². The van der Waals surface area contributed by atoms with Crippen LogP contribution in [-0.4, -0.2) is 11.3 Å². The number of halogens is 6. The van der Waals surface area contributed by atoms with Crippen molar-refractivity contribution in [1.29, 1.82) is 0 Å². The van der Waals surface area contributed by atoms with Crippen LogP contribution in [0.1, 0.15) is 0 Å². The average Bonchev–Trinajstić information content (AvgIpc) is 2.36. The van der Waals surface area contributed by atoms with E-state index >= 15 is 0 Å². The number of benzene rings is 1. The summed E-state index contributed by atoms with van der Waals surface area (Å²) < 4.78 is 40.9. The molecule has 1 N–H and O–H groups in total. The van der Waals surface area contributed by atoms with Gasteiger partial charge in [-0.1, -0.05) is 46.9 Å². The van der Waals surface area contributed by atoms with Gasteiger partial charge in [0.1, 0.15) is 5.15 Å². The minimum atomic E-state index is -4.81. The summed E-state index contributed by atoms with van der Waals surface area (Å²) >= 11 is 17.4. The lowest BCUT2D eigenvalue weighted by Gasteiger charge is -2.15. The molecule has 0 spiro atoms. The predicted molar refractivity (Wildman–Crippen MR) is 75.7 cm³/mol. The summed E-state index contributed by atoms with van der Waals surface area (Å²) in [6.45, 7) is 0. The van der Waals surface area contributed by atoms with E-state index in [1.165, 1.54) is 24.3 Å². The summed E-state index contributed by atoms with van der Waals surface area (Å²) in [5.74, 6) is -0.363. The molecule has 0 bridgehead atoms. The van der Waals surface area contributed by atoms with E-state index in [1.807, 2.05) is 0 Å². The molecule has 0 saturated heterocycles. The Morgan fingerprint density at radius 3 is 2.38 bits per heavy atom. The lowest BCUT2D eigenvalue weighted by molar-refractivity contribution is -0.274. The number of aromatic nitrogens is 1. The summed E-state index contributed by atoms with van der Waals surface area (Å²) in [7, 11) is 0. The Labute approximate surface area is 132 Å². The molecular weight excluding hydrogens is 351 g/mol. The van der Waals surface area contributed by atoms with Crippen molar-refractivity contribution in [2.24, 2.45) is 0 Å². The zero-order valence-corrected chi connectivity index (χ0v) is 12.3. The molecule has 3 nitrogen and oxygen atoms in total. The van der Waals surface area contributed by atoms with Gasteiger partial charge in [-0.3, -0.25) is 0 Å². The van der Waals surface area contributed by atoms with E-state index in [1.54, 1.807) is 0 Å². The number of hydrogen-bond donors (Lipinski definition) is 1. The van der Waals surface area contributed by atoms with E-state index in [4.69, 9.17) is 34.8 Å². The summed E-state index contributed by atoms with van der Waals surface area (Å²) in [6.07, 6.45) is -4.81. The average molecular weight is 358 g/mol. The summed E-state index contributed by atoms with van der Waals surface area (Å²) in [5, 5.41) is 2.82. The largest absolute Gasteiger partial charge is 0.573 e. The fourth-order valence-electron chi connectivity index (χ4n) is 1.44. The lowest BCUT2D eigenvalue weighted by Crippen LogP contribution is -2.17. The molecule has 0 aliphatic carbocycles. The topological polar surface area (TPSA) is 34.1 Å². The number of nitrogens with zero attached hydrogens (tertiary/aromatic N) is 1. The van der Waals surface area contributed by atoms with Crippen LogP contribution >= 0.6 is 34.8 Å². The third kappa shape index (κ3) is 4.30. The second-order valence-electron chi connectivity index (χ2n) is 3.76. The van der Waals surface area contributed by atoms with Crippen LogP contribution in [0.2, 0.25) is 15.2 Å². The van der Waals surface area contributed by atoms with Gasteiger partial charge in [-0.05, 0) is 18.2 Å². The maximum absolute atomic E-state index is 12.3. The SMILES string of the molecule is FC(F)(F)Oc1ccccc1Nc1nc(Cl)c(Cl)cc1Cl. The number of anilines is 2. The van der Waals surface area contributed by atoms with Gasteiger partial charge in [-0.25, -0.2) is 4.98 Å². The van der Waals surface area contributed by atoms with Crippen LogP contribution in [0.3, 0.4) is 0 Å². The van der Waals surface area contributed by atoms with Crippen LogP contribution in [0.15, 0.2) is 30.3 Å². The van der Waals surface area contributed by atoms with Gasteiger partial charge in [-0.15, -0.1) is 13.2 Å². The number of ether oxygens (including phenoxy) is 1. The second kappa shape index (κ2) is 6.17. The Bertz CT molecular complexity index is 665. The molecule has 9 heteroatoms. The molecule has 0 atom stereocenters. The maximum atomic E-state index is 12.3. The van der Waals surface area contributed by atoms with Crippen molar-refractivity contribution < 1.29 is 17.9 Å². The van der Waals surface area contributed by atoms with E-state index < -0.39 is 12.1 Å². The normalized spacial score (nSPS) is 11.3. The molecule has 0 saturated carbocycles. The third-order valence-electron chi connectivity index (χ3n) is 2.25. The minimum absolute atomic E-state index is 0.0298. The van der Waals surface area contributed by atoms with Crippen LogP contribution < -0.4 is 10.1 Å². The zero-order valence-electron chi connectivity index (χ0n) is 10.0. The van der Waals surface area contributed by atoms with Crippen LogP contribution in [0.5, 0.6) is 5.75 Å². The Balaban J connectivity index is 2.34. The molecular formula is C12H6Cl3F3N2O. The summed E-state index contributed by atoms with van der Waals surface area (Å²) in [6, 6.07) is 6.78. The third-order valence-corrected chi connectivity index (χ3v) is 3.21. The highest BCUT2D eigenvalue weighted by Gasteiger charge is 2.32. The van der Waals surface area contributed by atoms with Crippen molar-refractivity contribution in [3.05, 3.63) is 45.5 Å². The zero-order chi connectivity index (χ0) is 15.6. The van der Waals surface area contributed by atoms with Crippen molar-refractivity contribution in [2.75, 3.05) is 5.32 Å². The predicted octanol–water partition coefficient (Wildman–Crippen LogP) is 5.68. The van der Waals surface area contributed by atoms with Gasteiger partial charge in [0.2, 0.25) is 0 Å². The van der Waals surface area contributed by atoms with Crippen LogP contribution in [0, 0.1) is 0 Å². The van der Waals surface area contributed by atoms with Crippen LogP contribution in [0.25, 0.3) is 0 Å². The maximum Gasteiger partial charge on any atom is 0.573 e. The molecule has 0 radical (unpaired) electrons. The summed E-state index contributed by atoms with van der Waals surface area (Å²) in [5.41, 5.74) is 0.0302. The van der Waals surface area contributed by atoms with Gasteiger partial charge in [0, 0.05) is 0 Å². The van der Waals surface area contributed by atoms with E-state index in [0.29, 0.717) is 0 Å². The molecule has 2 aromatic rings. The molecule has 0 aliphatic rings. The molecule has 1 heterocycles. The van der Waals surface area contributed by atoms with E-state index in [-0.39, 0.29) is 26.7 Å². The number of hydrogen-bond acceptors (Lipinski definition) is 3. The molecule has 0 amide bonds. The number of alkyl halides is 3. The Hall–Kier alpha value is -1.37.